The van der Waals surface area contributed by atoms with Crippen molar-refractivity contribution >= 4 is 0 Å². The van der Waals surface area contributed by atoms with Gasteiger partial charge in [0.1, 0.15) is 5.75 Å². The van der Waals surface area contributed by atoms with Crippen LogP contribution >= 0.6 is 0 Å². The van der Waals surface area contributed by atoms with Gasteiger partial charge >= 0.3 is 0 Å². The van der Waals surface area contributed by atoms with Crippen LogP contribution in [-0.2, 0) is 0 Å². The lowest BCUT2D eigenvalue weighted by molar-refractivity contribution is 0.302. The molecule has 0 spiro atoms. The maximum Gasteiger partial charge on any atom is 0.122 e. The summed E-state index contributed by atoms with van der Waals surface area (Å²) in [4.78, 5) is 0. The second kappa shape index (κ2) is 8.13. The highest BCUT2D eigenvalue weighted by atomic mass is 16.5. The van der Waals surface area contributed by atoms with E-state index < -0.39 is 0 Å². The maximum atomic E-state index is 5.78. The van der Waals surface area contributed by atoms with Crippen molar-refractivity contribution in [2.24, 2.45) is 0 Å². The Bertz CT molecular complexity index is 323. The average Bonchev–Trinajstić information content (AvgIpc) is 2.30. The summed E-state index contributed by atoms with van der Waals surface area (Å²) in [6.07, 6.45) is 4.96. The predicted octanol–water partition coefficient (Wildman–Crippen LogP) is 3.46. The van der Waals surface area contributed by atoms with E-state index in [1.807, 2.05) is 7.05 Å². The van der Waals surface area contributed by atoms with Gasteiger partial charge in [-0.1, -0.05) is 30.5 Å². The number of hydrogen-bond acceptors (Lipinski definition) is 2. The summed E-state index contributed by atoms with van der Waals surface area (Å²) < 4.78 is 5.78. The fourth-order valence-corrected chi connectivity index (χ4v) is 1.90. The summed E-state index contributed by atoms with van der Waals surface area (Å²) in [5.41, 5.74) is 2.53. The van der Waals surface area contributed by atoms with Crippen molar-refractivity contribution < 1.29 is 4.74 Å². The number of benzene rings is 1. The molecule has 0 bridgehead atoms. The molecule has 0 heterocycles. The number of ether oxygens (including phenoxy) is 1. The van der Waals surface area contributed by atoms with E-state index >= 15 is 0 Å². The standard InChI is InChI=1S/C15H25NO/c1-13-8-9-15(14(2)12-13)17-11-7-5-4-6-10-16-3/h8-9,12,16H,4-7,10-11H2,1-3H3. The van der Waals surface area contributed by atoms with Crippen LogP contribution in [0.25, 0.3) is 0 Å². The van der Waals surface area contributed by atoms with Gasteiger partial charge in [0.2, 0.25) is 0 Å². The summed E-state index contributed by atoms with van der Waals surface area (Å²) in [6.45, 7) is 6.18. The lowest BCUT2D eigenvalue weighted by Gasteiger charge is -2.09. The van der Waals surface area contributed by atoms with E-state index in [2.05, 4.69) is 37.4 Å². The van der Waals surface area contributed by atoms with Crippen molar-refractivity contribution in [2.75, 3.05) is 20.2 Å². The molecule has 1 N–H and O–H groups in total. The molecular weight excluding hydrogens is 210 g/mol. The molecule has 0 unspecified atom stereocenters. The molecule has 0 aliphatic carbocycles. The largest absolute Gasteiger partial charge is 0.493 e. The van der Waals surface area contributed by atoms with Crippen molar-refractivity contribution in [3.63, 3.8) is 0 Å². The molecule has 2 heteroatoms. The normalized spacial score (nSPS) is 10.5. The molecule has 0 aliphatic heterocycles. The van der Waals surface area contributed by atoms with Crippen LogP contribution in [0.5, 0.6) is 5.75 Å². The zero-order chi connectivity index (χ0) is 12.5. The van der Waals surface area contributed by atoms with E-state index in [1.165, 1.54) is 30.4 Å². The Labute approximate surface area is 105 Å². The second-order valence-corrected chi connectivity index (χ2v) is 4.64. The lowest BCUT2D eigenvalue weighted by Crippen LogP contribution is -2.07. The van der Waals surface area contributed by atoms with Gasteiger partial charge in [-0.2, -0.15) is 0 Å². The van der Waals surface area contributed by atoms with Crippen molar-refractivity contribution in [3.8, 4) is 5.75 Å². The molecule has 0 saturated carbocycles. The molecule has 0 amide bonds. The number of unbranched alkanes of at least 4 members (excludes halogenated alkanes) is 3. The summed E-state index contributed by atoms with van der Waals surface area (Å²) in [5.74, 6) is 1.03. The van der Waals surface area contributed by atoms with Gasteiger partial charge in [0, 0.05) is 0 Å². The number of rotatable bonds is 8. The van der Waals surface area contributed by atoms with Crippen LogP contribution in [0.4, 0.5) is 0 Å². The summed E-state index contributed by atoms with van der Waals surface area (Å²) in [5, 5.41) is 3.17. The van der Waals surface area contributed by atoms with Gasteiger partial charge in [-0.3, -0.25) is 0 Å². The van der Waals surface area contributed by atoms with Crippen molar-refractivity contribution in [2.45, 2.75) is 39.5 Å². The van der Waals surface area contributed by atoms with E-state index in [1.54, 1.807) is 0 Å². The fraction of sp³-hybridized carbons (Fsp3) is 0.600. The van der Waals surface area contributed by atoms with Gasteiger partial charge in [0.15, 0.2) is 0 Å². The van der Waals surface area contributed by atoms with Crippen LogP contribution in [0.3, 0.4) is 0 Å². The van der Waals surface area contributed by atoms with Gasteiger partial charge in [-0.05, 0) is 51.9 Å². The SMILES string of the molecule is CNCCCCCCOc1ccc(C)cc1C. The molecule has 17 heavy (non-hydrogen) atoms. The monoisotopic (exact) mass is 235 g/mol. The second-order valence-electron chi connectivity index (χ2n) is 4.64. The fourth-order valence-electron chi connectivity index (χ4n) is 1.90. The summed E-state index contributed by atoms with van der Waals surface area (Å²) >= 11 is 0. The van der Waals surface area contributed by atoms with Crippen LogP contribution in [0, 0.1) is 13.8 Å². The first-order chi connectivity index (χ1) is 8.24. The minimum absolute atomic E-state index is 0.837. The van der Waals surface area contributed by atoms with Crippen LogP contribution in [0.2, 0.25) is 0 Å². The molecule has 96 valence electrons. The third kappa shape index (κ3) is 5.73. The molecule has 1 aromatic carbocycles. The summed E-state index contributed by atoms with van der Waals surface area (Å²) in [6, 6.07) is 6.35. The highest BCUT2D eigenvalue weighted by molar-refractivity contribution is 5.35. The number of nitrogens with one attached hydrogen (secondary N) is 1. The molecule has 0 saturated heterocycles. The van der Waals surface area contributed by atoms with E-state index in [9.17, 15) is 0 Å². The van der Waals surface area contributed by atoms with E-state index in [0.717, 1.165) is 25.3 Å². The first-order valence-corrected chi connectivity index (χ1v) is 6.58. The lowest BCUT2D eigenvalue weighted by atomic mass is 10.1. The topological polar surface area (TPSA) is 21.3 Å². The van der Waals surface area contributed by atoms with E-state index in [0.29, 0.717) is 0 Å². The molecule has 0 aromatic heterocycles. The third-order valence-corrected chi connectivity index (χ3v) is 2.91. The van der Waals surface area contributed by atoms with Crippen LogP contribution in [-0.4, -0.2) is 20.2 Å². The Morgan fingerprint density at radius 3 is 2.53 bits per heavy atom. The van der Waals surface area contributed by atoms with Gasteiger partial charge in [-0.15, -0.1) is 0 Å². The summed E-state index contributed by atoms with van der Waals surface area (Å²) in [7, 11) is 2.00. The molecule has 0 atom stereocenters. The van der Waals surface area contributed by atoms with Crippen LogP contribution in [0.1, 0.15) is 36.8 Å². The average molecular weight is 235 g/mol. The van der Waals surface area contributed by atoms with Gasteiger partial charge in [-0.25, -0.2) is 0 Å². The van der Waals surface area contributed by atoms with Crippen LogP contribution < -0.4 is 10.1 Å². The van der Waals surface area contributed by atoms with Crippen molar-refractivity contribution in [1.29, 1.82) is 0 Å². The molecule has 1 aromatic rings. The van der Waals surface area contributed by atoms with Gasteiger partial charge in [0.25, 0.3) is 0 Å². The molecular formula is C15H25NO. The minimum atomic E-state index is 0.837. The number of hydrogen-bond donors (Lipinski definition) is 1. The molecule has 1 rings (SSSR count). The Balaban J connectivity index is 2.14. The Morgan fingerprint density at radius 2 is 1.82 bits per heavy atom. The maximum absolute atomic E-state index is 5.78. The zero-order valence-corrected chi connectivity index (χ0v) is 11.4. The zero-order valence-electron chi connectivity index (χ0n) is 11.4. The Morgan fingerprint density at radius 1 is 1.06 bits per heavy atom. The first kappa shape index (κ1) is 14.0. The Kier molecular flexibility index (Phi) is 6.71. The molecule has 0 aliphatic rings. The van der Waals surface area contributed by atoms with Gasteiger partial charge in [0.05, 0.1) is 6.61 Å². The van der Waals surface area contributed by atoms with Crippen molar-refractivity contribution in [1.82, 2.24) is 5.32 Å². The van der Waals surface area contributed by atoms with Crippen LogP contribution in [0.15, 0.2) is 18.2 Å². The minimum Gasteiger partial charge on any atom is -0.493 e. The van der Waals surface area contributed by atoms with E-state index in [-0.39, 0.29) is 0 Å². The highest BCUT2D eigenvalue weighted by Gasteiger charge is 1.99. The Hall–Kier alpha value is -1.02. The first-order valence-electron chi connectivity index (χ1n) is 6.58. The highest BCUT2D eigenvalue weighted by Crippen LogP contribution is 2.19. The number of aryl methyl sites for hydroxylation is 2. The molecule has 0 radical (unpaired) electrons. The van der Waals surface area contributed by atoms with Crippen molar-refractivity contribution in [3.05, 3.63) is 29.3 Å². The predicted molar refractivity (Wildman–Crippen MR) is 73.8 cm³/mol. The molecule has 0 fully saturated rings. The quantitative estimate of drug-likeness (QED) is 0.697. The smallest absolute Gasteiger partial charge is 0.122 e. The third-order valence-electron chi connectivity index (χ3n) is 2.91. The molecule has 2 nitrogen and oxygen atoms in total. The van der Waals surface area contributed by atoms with Gasteiger partial charge < -0.3 is 10.1 Å². The van der Waals surface area contributed by atoms with E-state index in [4.69, 9.17) is 4.74 Å².